The van der Waals surface area contributed by atoms with Crippen molar-refractivity contribution in [3.8, 4) is 0 Å². The zero-order valence-electron chi connectivity index (χ0n) is 14.5. The highest BCUT2D eigenvalue weighted by molar-refractivity contribution is 5.84. The number of nitrogens with one attached hydrogen (secondary N) is 2. The number of likely N-dealkylation sites (tertiary alicyclic amines) is 1. The Kier molecular flexibility index (Phi) is 6.61. The maximum Gasteiger partial charge on any atom is 0.315 e. The minimum Gasteiger partial charge on any atom is -0.387 e. The maximum atomic E-state index is 12.0. The van der Waals surface area contributed by atoms with Crippen LogP contribution in [0.4, 0.5) is 4.79 Å². The molecule has 1 aromatic carbocycles. The van der Waals surface area contributed by atoms with Crippen LogP contribution in [0, 0.1) is 13.8 Å². The third kappa shape index (κ3) is 5.53. The molecule has 1 aromatic rings. The van der Waals surface area contributed by atoms with E-state index in [9.17, 15) is 14.7 Å². The Hall–Kier alpha value is -2.08. The zero-order chi connectivity index (χ0) is 17.5. The number of urea groups is 1. The predicted octanol–water partition coefficient (Wildman–Crippen LogP) is 1.65. The summed E-state index contributed by atoms with van der Waals surface area (Å²) in [6.45, 7) is 5.57. The minimum absolute atomic E-state index is 0.00845. The van der Waals surface area contributed by atoms with E-state index in [1.54, 1.807) is 4.90 Å². The van der Waals surface area contributed by atoms with Crippen molar-refractivity contribution in [1.82, 2.24) is 15.5 Å². The highest BCUT2D eigenvalue weighted by Crippen LogP contribution is 2.16. The Labute approximate surface area is 143 Å². The fourth-order valence-electron chi connectivity index (χ4n) is 2.98. The molecular weight excluding hydrogens is 306 g/mol. The molecule has 0 aliphatic carbocycles. The highest BCUT2D eigenvalue weighted by atomic mass is 16.3. The SMILES string of the molecule is Cc1cc(C)cc([C@@H](O)CNC(=O)NCC(=O)N2CCCCC2)c1. The minimum atomic E-state index is -0.771. The Morgan fingerprint density at radius 3 is 2.33 bits per heavy atom. The zero-order valence-corrected chi connectivity index (χ0v) is 14.5. The lowest BCUT2D eigenvalue weighted by atomic mass is 10.0. The summed E-state index contributed by atoms with van der Waals surface area (Å²) in [6, 6.07) is 5.39. The highest BCUT2D eigenvalue weighted by Gasteiger charge is 2.17. The summed E-state index contributed by atoms with van der Waals surface area (Å²) in [4.78, 5) is 25.6. The number of nitrogens with zero attached hydrogens (tertiary/aromatic N) is 1. The summed E-state index contributed by atoms with van der Waals surface area (Å²) < 4.78 is 0. The quantitative estimate of drug-likeness (QED) is 0.766. The molecule has 3 amide bonds. The summed E-state index contributed by atoms with van der Waals surface area (Å²) in [6.07, 6.45) is 2.45. The lowest BCUT2D eigenvalue weighted by molar-refractivity contribution is -0.130. The normalized spacial score (nSPS) is 15.7. The third-order valence-electron chi connectivity index (χ3n) is 4.19. The Bertz CT molecular complexity index is 563. The lowest BCUT2D eigenvalue weighted by Gasteiger charge is -2.26. The first kappa shape index (κ1) is 18.3. The molecule has 0 aromatic heterocycles. The molecule has 0 bridgehead atoms. The van der Waals surface area contributed by atoms with Crippen LogP contribution in [0.25, 0.3) is 0 Å². The summed E-state index contributed by atoms with van der Waals surface area (Å²) in [5, 5.41) is 15.3. The monoisotopic (exact) mass is 333 g/mol. The number of amides is 3. The summed E-state index contributed by atoms with van der Waals surface area (Å²) >= 11 is 0. The first-order chi connectivity index (χ1) is 11.5. The molecule has 1 fully saturated rings. The van der Waals surface area contributed by atoms with Crippen molar-refractivity contribution in [3.63, 3.8) is 0 Å². The fourth-order valence-corrected chi connectivity index (χ4v) is 2.98. The number of aliphatic hydroxyl groups is 1. The van der Waals surface area contributed by atoms with Gasteiger partial charge < -0.3 is 20.6 Å². The molecule has 1 saturated heterocycles. The van der Waals surface area contributed by atoms with E-state index >= 15 is 0 Å². The van der Waals surface area contributed by atoms with Crippen molar-refractivity contribution in [2.75, 3.05) is 26.2 Å². The third-order valence-corrected chi connectivity index (χ3v) is 4.19. The molecule has 2 rings (SSSR count). The van der Waals surface area contributed by atoms with Crippen molar-refractivity contribution in [1.29, 1.82) is 0 Å². The molecular formula is C18H27N3O3. The smallest absolute Gasteiger partial charge is 0.315 e. The van der Waals surface area contributed by atoms with Crippen LogP contribution in [0.5, 0.6) is 0 Å². The van der Waals surface area contributed by atoms with Gasteiger partial charge in [0.25, 0.3) is 0 Å². The number of hydrogen-bond acceptors (Lipinski definition) is 3. The molecule has 24 heavy (non-hydrogen) atoms. The molecule has 0 unspecified atom stereocenters. The fraction of sp³-hybridized carbons (Fsp3) is 0.556. The van der Waals surface area contributed by atoms with Gasteiger partial charge in [-0.15, -0.1) is 0 Å². The molecule has 3 N–H and O–H groups in total. The van der Waals surface area contributed by atoms with Crippen molar-refractivity contribution < 1.29 is 14.7 Å². The van der Waals surface area contributed by atoms with Gasteiger partial charge in [-0.25, -0.2) is 4.79 Å². The van der Waals surface area contributed by atoms with Gasteiger partial charge in [0.1, 0.15) is 0 Å². The van der Waals surface area contributed by atoms with Crippen LogP contribution in [0.2, 0.25) is 0 Å². The van der Waals surface area contributed by atoms with E-state index < -0.39 is 12.1 Å². The molecule has 0 spiro atoms. The van der Waals surface area contributed by atoms with Gasteiger partial charge in [-0.3, -0.25) is 4.79 Å². The van der Waals surface area contributed by atoms with E-state index in [-0.39, 0.29) is 19.0 Å². The van der Waals surface area contributed by atoms with E-state index in [1.807, 2.05) is 32.0 Å². The van der Waals surface area contributed by atoms with Crippen LogP contribution in [-0.2, 0) is 4.79 Å². The molecule has 1 atom stereocenters. The van der Waals surface area contributed by atoms with E-state index in [0.717, 1.165) is 49.0 Å². The Morgan fingerprint density at radius 2 is 1.71 bits per heavy atom. The maximum absolute atomic E-state index is 12.0. The largest absolute Gasteiger partial charge is 0.387 e. The molecule has 132 valence electrons. The van der Waals surface area contributed by atoms with Gasteiger partial charge in [0.15, 0.2) is 0 Å². The van der Waals surface area contributed by atoms with Gasteiger partial charge in [0.2, 0.25) is 5.91 Å². The number of piperidine rings is 1. The number of aliphatic hydroxyl groups excluding tert-OH is 1. The molecule has 1 aliphatic rings. The van der Waals surface area contributed by atoms with Gasteiger partial charge in [-0.1, -0.05) is 29.3 Å². The van der Waals surface area contributed by atoms with Gasteiger partial charge in [-0.2, -0.15) is 0 Å². The molecule has 6 nitrogen and oxygen atoms in total. The van der Waals surface area contributed by atoms with Crippen molar-refractivity contribution >= 4 is 11.9 Å². The number of rotatable bonds is 5. The predicted molar refractivity (Wildman–Crippen MR) is 92.7 cm³/mol. The van der Waals surface area contributed by atoms with Crippen molar-refractivity contribution in [2.24, 2.45) is 0 Å². The summed E-state index contributed by atoms with van der Waals surface area (Å²) in [7, 11) is 0. The van der Waals surface area contributed by atoms with E-state index in [1.165, 1.54) is 0 Å². The van der Waals surface area contributed by atoms with Crippen LogP contribution in [-0.4, -0.2) is 48.1 Å². The number of carbonyl (C=O) groups is 2. The molecule has 6 heteroatoms. The topological polar surface area (TPSA) is 81.7 Å². The molecule has 0 saturated carbocycles. The first-order valence-corrected chi connectivity index (χ1v) is 8.51. The second-order valence-corrected chi connectivity index (χ2v) is 6.44. The number of carbonyl (C=O) groups excluding carboxylic acids is 2. The standard InChI is InChI=1S/C18H27N3O3/c1-13-8-14(2)10-15(9-13)16(22)11-19-18(24)20-12-17(23)21-6-4-3-5-7-21/h8-10,16,22H,3-7,11-12H2,1-2H3,(H2,19,20,24)/t16-/m0/s1. The average molecular weight is 333 g/mol. The number of hydrogen-bond donors (Lipinski definition) is 3. The number of benzene rings is 1. The van der Waals surface area contributed by atoms with Crippen LogP contribution in [0.1, 0.15) is 42.1 Å². The lowest BCUT2D eigenvalue weighted by Crippen LogP contribution is -2.45. The van der Waals surface area contributed by atoms with Crippen LogP contribution in [0.15, 0.2) is 18.2 Å². The van der Waals surface area contributed by atoms with Crippen LogP contribution < -0.4 is 10.6 Å². The van der Waals surface area contributed by atoms with Crippen molar-refractivity contribution in [2.45, 2.75) is 39.2 Å². The molecule has 1 aliphatic heterocycles. The van der Waals surface area contributed by atoms with Gasteiger partial charge >= 0.3 is 6.03 Å². The first-order valence-electron chi connectivity index (χ1n) is 8.51. The molecule has 1 heterocycles. The Morgan fingerprint density at radius 1 is 1.08 bits per heavy atom. The van der Waals surface area contributed by atoms with Gasteiger partial charge in [0, 0.05) is 19.6 Å². The van der Waals surface area contributed by atoms with Crippen molar-refractivity contribution in [3.05, 3.63) is 34.9 Å². The van der Waals surface area contributed by atoms with Gasteiger partial charge in [0.05, 0.1) is 12.6 Å². The van der Waals surface area contributed by atoms with E-state index in [0.29, 0.717) is 0 Å². The van der Waals surface area contributed by atoms with Crippen LogP contribution in [0.3, 0.4) is 0 Å². The average Bonchev–Trinajstić information content (AvgIpc) is 2.57. The molecule has 0 radical (unpaired) electrons. The van der Waals surface area contributed by atoms with E-state index in [2.05, 4.69) is 10.6 Å². The van der Waals surface area contributed by atoms with Crippen LogP contribution >= 0.6 is 0 Å². The Balaban J connectivity index is 1.73. The summed E-state index contributed by atoms with van der Waals surface area (Å²) in [5.74, 6) is -0.0558. The second kappa shape index (κ2) is 8.68. The van der Waals surface area contributed by atoms with E-state index in [4.69, 9.17) is 0 Å². The second-order valence-electron chi connectivity index (χ2n) is 6.44. The summed E-state index contributed by atoms with van der Waals surface area (Å²) in [5.41, 5.74) is 2.92. The van der Waals surface area contributed by atoms with Gasteiger partial charge in [-0.05, 0) is 38.7 Å². The number of aryl methyl sites for hydroxylation is 2.